The Bertz CT molecular complexity index is 572. The third-order valence-electron chi connectivity index (χ3n) is 4.92. The predicted octanol–water partition coefficient (Wildman–Crippen LogP) is 4.38. The number of rotatable bonds is 4. The first-order valence-corrected chi connectivity index (χ1v) is 7.59. The molecule has 0 spiro atoms. The summed E-state index contributed by atoms with van der Waals surface area (Å²) >= 11 is 0. The molecule has 2 atom stereocenters. The fraction of sp³-hybridized carbons (Fsp3) is 0.556. The van der Waals surface area contributed by atoms with Gasteiger partial charge in [0.15, 0.2) is 5.60 Å². The zero-order valence-electron chi connectivity index (χ0n) is 12.7. The van der Waals surface area contributed by atoms with E-state index in [0.29, 0.717) is 12.8 Å². The molecule has 0 bridgehead atoms. The molecule has 1 aromatic carbocycles. The minimum Gasteiger partial charge on any atom is -0.380 e. The van der Waals surface area contributed by atoms with E-state index in [-0.39, 0.29) is 6.42 Å². The summed E-state index contributed by atoms with van der Waals surface area (Å²) in [5.74, 6) is 2.00. The molecule has 0 aliphatic heterocycles. The number of aliphatic hydroxyl groups is 1. The highest BCUT2D eigenvalue weighted by atomic mass is 19.4. The van der Waals surface area contributed by atoms with E-state index in [0.717, 1.165) is 24.0 Å². The number of alkyl halides is 3. The van der Waals surface area contributed by atoms with Crippen molar-refractivity contribution in [2.45, 2.75) is 62.6 Å². The number of aryl methyl sites for hydroxylation is 1. The van der Waals surface area contributed by atoms with Gasteiger partial charge in [-0.15, -0.1) is 12.3 Å². The Morgan fingerprint density at radius 3 is 2.59 bits per heavy atom. The molecule has 0 heterocycles. The van der Waals surface area contributed by atoms with Gasteiger partial charge in [-0.2, -0.15) is 13.2 Å². The van der Waals surface area contributed by atoms with Crippen LogP contribution in [0.5, 0.6) is 0 Å². The molecule has 1 aromatic rings. The Kier molecular flexibility index (Phi) is 4.58. The van der Waals surface area contributed by atoms with Crippen molar-refractivity contribution in [1.29, 1.82) is 0 Å². The van der Waals surface area contributed by atoms with E-state index in [9.17, 15) is 18.3 Å². The summed E-state index contributed by atoms with van der Waals surface area (Å²) in [4.78, 5) is 0. The molecule has 1 nitrogen and oxygen atoms in total. The van der Waals surface area contributed by atoms with E-state index < -0.39 is 23.6 Å². The van der Waals surface area contributed by atoms with E-state index in [1.165, 1.54) is 0 Å². The molecule has 0 amide bonds. The van der Waals surface area contributed by atoms with E-state index in [1.807, 2.05) is 37.1 Å². The summed E-state index contributed by atoms with van der Waals surface area (Å²) in [5, 5.41) is 10.3. The number of terminal acetylenes is 1. The lowest BCUT2D eigenvalue weighted by atomic mass is 9.63. The van der Waals surface area contributed by atoms with Gasteiger partial charge in [-0.25, -0.2) is 0 Å². The molecule has 0 saturated carbocycles. The second kappa shape index (κ2) is 5.96. The molecule has 4 heteroatoms. The molecule has 1 aliphatic carbocycles. The lowest BCUT2D eigenvalue weighted by Crippen LogP contribution is -2.50. The highest BCUT2D eigenvalue weighted by Crippen LogP contribution is 2.49. The molecule has 0 aromatic heterocycles. The van der Waals surface area contributed by atoms with Crippen molar-refractivity contribution >= 4 is 0 Å². The SMILES string of the molecule is C#CCC(O)(CC1(CC)CCCc2ccccc21)C(F)(F)F. The van der Waals surface area contributed by atoms with Gasteiger partial charge in [-0.3, -0.25) is 0 Å². The highest BCUT2D eigenvalue weighted by Gasteiger charge is 2.57. The van der Waals surface area contributed by atoms with Gasteiger partial charge in [0, 0.05) is 6.42 Å². The maximum Gasteiger partial charge on any atom is 0.418 e. The molecule has 2 rings (SSSR count). The van der Waals surface area contributed by atoms with Crippen LogP contribution < -0.4 is 0 Å². The maximum absolute atomic E-state index is 13.4. The average molecular weight is 310 g/mol. The Labute approximate surface area is 129 Å². The minimum atomic E-state index is -4.73. The molecule has 120 valence electrons. The number of hydrogen-bond acceptors (Lipinski definition) is 1. The van der Waals surface area contributed by atoms with Crippen LogP contribution in [0, 0.1) is 12.3 Å². The molecule has 2 unspecified atom stereocenters. The summed E-state index contributed by atoms with van der Waals surface area (Å²) in [6.45, 7) is 1.88. The van der Waals surface area contributed by atoms with Crippen molar-refractivity contribution in [2.75, 3.05) is 0 Å². The fourth-order valence-corrected chi connectivity index (χ4v) is 3.68. The van der Waals surface area contributed by atoms with Gasteiger partial charge in [0.05, 0.1) is 0 Å². The molecule has 22 heavy (non-hydrogen) atoms. The first kappa shape index (κ1) is 16.9. The summed E-state index contributed by atoms with van der Waals surface area (Å²) in [5.41, 5.74) is -1.48. The number of hydrogen-bond donors (Lipinski definition) is 1. The predicted molar refractivity (Wildman–Crippen MR) is 80.4 cm³/mol. The van der Waals surface area contributed by atoms with Crippen molar-refractivity contribution < 1.29 is 18.3 Å². The van der Waals surface area contributed by atoms with Gasteiger partial charge in [-0.1, -0.05) is 31.2 Å². The molecule has 1 N–H and O–H groups in total. The number of halogens is 3. The summed E-state index contributed by atoms with van der Waals surface area (Å²) in [6, 6.07) is 7.61. The van der Waals surface area contributed by atoms with Gasteiger partial charge >= 0.3 is 6.18 Å². The van der Waals surface area contributed by atoms with Crippen LogP contribution in [0.25, 0.3) is 0 Å². The Morgan fingerprint density at radius 2 is 2.00 bits per heavy atom. The van der Waals surface area contributed by atoms with Gasteiger partial charge in [0.25, 0.3) is 0 Å². The highest BCUT2D eigenvalue weighted by molar-refractivity contribution is 5.37. The summed E-state index contributed by atoms with van der Waals surface area (Å²) in [6.07, 6.45) is 2.17. The van der Waals surface area contributed by atoms with Gasteiger partial charge in [0.2, 0.25) is 0 Å². The molecule has 1 aliphatic rings. The lowest BCUT2D eigenvalue weighted by molar-refractivity contribution is -0.266. The topological polar surface area (TPSA) is 20.2 Å². The van der Waals surface area contributed by atoms with Crippen molar-refractivity contribution in [3.8, 4) is 12.3 Å². The van der Waals surface area contributed by atoms with Crippen LogP contribution in [-0.4, -0.2) is 16.9 Å². The second-order valence-corrected chi connectivity index (χ2v) is 6.23. The third-order valence-corrected chi connectivity index (χ3v) is 4.92. The number of benzene rings is 1. The van der Waals surface area contributed by atoms with Crippen LogP contribution >= 0.6 is 0 Å². The largest absolute Gasteiger partial charge is 0.418 e. The van der Waals surface area contributed by atoms with E-state index >= 15 is 0 Å². The van der Waals surface area contributed by atoms with E-state index in [2.05, 4.69) is 0 Å². The standard InChI is InChI=1S/C18H21F3O/c1-3-11-17(22,18(19,20)21)13-16(4-2)12-7-9-14-8-5-6-10-15(14)16/h1,5-6,8,10,22H,4,7,9,11-13H2,2H3. The average Bonchev–Trinajstić information content (AvgIpc) is 2.46. The Balaban J connectivity index is 2.47. The quantitative estimate of drug-likeness (QED) is 0.818. The Morgan fingerprint density at radius 1 is 1.32 bits per heavy atom. The monoisotopic (exact) mass is 310 g/mol. The zero-order chi connectivity index (χ0) is 16.4. The van der Waals surface area contributed by atoms with Crippen molar-refractivity contribution in [1.82, 2.24) is 0 Å². The molecule has 0 saturated heterocycles. The first-order chi connectivity index (χ1) is 10.3. The van der Waals surface area contributed by atoms with Crippen LogP contribution in [0.3, 0.4) is 0 Å². The van der Waals surface area contributed by atoms with Crippen molar-refractivity contribution in [3.05, 3.63) is 35.4 Å². The van der Waals surface area contributed by atoms with Gasteiger partial charge < -0.3 is 5.11 Å². The van der Waals surface area contributed by atoms with Crippen LogP contribution in [0.2, 0.25) is 0 Å². The maximum atomic E-state index is 13.4. The zero-order valence-corrected chi connectivity index (χ0v) is 12.7. The van der Waals surface area contributed by atoms with Crippen molar-refractivity contribution in [3.63, 3.8) is 0 Å². The normalized spacial score (nSPS) is 24.2. The fourth-order valence-electron chi connectivity index (χ4n) is 3.68. The van der Waals surface area contributed by atoms with Crippen LogP contribution in [0.4, 0.5) is 13.2 Å². The molecular formula is C18H21F3O. The third kappa shape index (κ3) is 2.87. The minimum absolute atomic E-state index is 0.374. The van der Waals surface area contributed by atoms with Gasteiger partial charge in [0.1, 0.15) is 0 Å². The Hall–Kier alpha value is -1.47. The van der Waals surface area contributed by atoms with Crippen LogP contribution in [0.1, 0.15) is 50.2 Å². The van der Waals surface area contributed by atoms with Crippen LogP contribution in [0.15, 0.2) is 24.3 Å². The molecular weight excluding hydrogens is 289 g/mol. The first-order valence-electron chi connectivity index (χ1n) is 7.59. The summed E-state index contributed by atoms with van der Waals surface area (Å²) < 4.78 is 40.1. The summed E-state index contributed by atoms with van der Waals surface area (Å²) in [7, 11) is 0. The van der Waals surface area contributed by atoms with E-state index in [1.54, 1.807) is 0 Å². The van der Waals surface area contributed by atoms with Crippen molar-refractivity contribution in [2.24, 2.45) is 0 Å². The van der Waals surface area contributed by atoms with E-state index in [4.69, 9.17) is 6.42 Å². The molecule has 0 radical (unpaired) electrons. The second-order valence-electron chi connectivity index (χ2n) is 6.23. The molecule has 0 fully saturated rings. The number of fused-ring (bicyclic) bond motifs is 1. The van der Waals surface area contributed by atoms with Crippen LogP contribution in [-0.2, 0) is 11.8 Å². The smallest absolute Gasteiger partial charge is 0.380 e. The van der Waals surface area contributed by atoms with Gasteiger partial charge in [-0.05, 0) is 48.6 Å². The lowest BCUT2D eigenvalue weighted by Gasteiger charge is -2.44.